The van der Waals surface area contributed by atoms with Crippen LogP contribution in [0.1, 0.15) is 26.7 Å². The number of nitrogens with zero attached hydrogens (tertiary/aromatic N) is 1. The second kappa shape index (κ2) is 5.31. The number of hydrogen-bond donors (Lipinski definition) is 1. The predicted molar refractivity (Wildman–Crippen MR) is 53.6 cm³/mol. The van der Waals surface area contributed by atoms with E-state index >= 15 is 0 Å². The molecule has 1 unspecified atom stereocenters. The molecule has 0 aliphatic carbocycles. The van der Waals surface area contributed by atoms with Crippen molar-refractivity contribution in [3.05, 3.63) is 0 Å². The second-order valence-corrected chi connectivity index (χ2v) is 5.24. The van der Waals surface area contributed by atoms with Gasteiger partial charge < -0.3 is 5.11 Å². The second-order valence-electron chi connectivity index (χ2n) is 3.09. The van der Waals surface area contributed by atoms with E-state index in [1.165, 1.54) is 7.05 Å². The Hall–Kier alpha value is -0.620. The summed E-state index contributed by atoms with van der Waals surface area (Å²) in [7, 11) is -2.10. The number of carboxylic acid groups (broad SMARTS) is 1. The molecular formula is C8H17NO4S. The summed E-state index contributed by atoms with van der Waals surface area (Å²) in [5.41, 5.74) is 0. The highest BCUT2D eigenvalue weighted by atomic mass is 32.2. The molecule has 0 heterocycles. The third-order valence-corrected chi connectivity index (χ3v) is 4.07. The van der Waals surface area contributed by atoms with Gasteiger partial charge in [0.05, 0.1) is 5.75 Å². The van der Waals surface area contributed by atoms with Crippen molar-refractivity contribution in [1.29, 1.82) is 0 Å². The first-order valence-electron chi connectivity index (χ1n) is 4.55. The molecule has 0 aromatic carbocycles. The van der Waals surface area contributed by atoms with E-state index in [4.69, 9.17) is 5.11 Å². The molecule has 0 saturated carbocycles. The first kappa shape index (κ1) is 13.4. The molecule has 0 rings (SSSR count). The van der Waals surface area contributed by atoms with Gasteiger partial charge in [0, 0.05) is 7.05 Å². The van der Waals surface area contributed by atoms with E-state index in [1.807, 2.05) is 0 Å². The lowest BCUT2D eigenvalue weighted by Gasteiger charge is -2.22. The monoisotopic (exact) mass is 223 g/mol. The number of carboxylic acids is 1. The lowest BCUT2D eigenvalue weighted by Crippen LogP contribution is -2.42. The molecule has 0 aliphatic heterocycles. The van der Waals surface area contributed by atoms with E-state index in [-0.39, 0.29) is 12.2 Å². The molecule has 1 atom stereocenters. The van der Waals surface area contributed by atoms with Gasteiger partial charge in [-0.1, -0.05) is 13.8 Å². The third-order valence-electron chi connectivity index (χ3n) is 2.01. The minimum Gasteiger partial charge on any atom is -0.480 e. The van der Waals surface area contributed by atoms with Gasteiger partial charge in [-0.3, -0.25) is 4.79 Å². The van der Waals surface area contributed by atoms with E-state index < -0.39 is 22.0 Å². The summed E-state index contributed by atoms with van der Waals surface area (Å²) in [5.74, 6) is -1.11. The van der Waals surface area contributed by atoms with Crippen LogP contribution in [0.3, 0.4) is 0 Å². The highest BCUT2D eigenvalue weighted by Gasteiger charge is 2.29. The standard InChI is InChI=1S/C8H17NO4S/c1-4-6-14(12,13)9(3)7(5-2)8(10)11/h7H,4-6H2,1-3H3,(H,10,11). The quantitative estimate of drug-likeness (QED) is 0.712. The highest BCUT2D eigenvalue weighted by Crippen LogP contribution is 2.09. The molecule has 0 aromatic rings. The minimum atomic E-state index is -3.41. The fourth-order valence-electron chi connectivity index (χ4n) is 1.18. The van der Waals surface area contributed by atoms with E-state index in [0.29, 0.717) is 6.42 Å². The Bertz CT molecular complexity index is 286. The summed E-state index contributed by atoms with van der Waals surface area (Å²) in [4.78, 5) is 10.7. The molecule has 6 heteroatoms. The molecule has 84 valence electrons. The van der Waals surface area contributed by atoms with Crippen LogP contribution in [0.25, 0.3) is 0 Å². The molecule has 0 aromatic heterocycles. The van der Waals surface area contributed by atoms with E-state index in [0.717, 1.165) is 4.31 Å². The molecule has 0 spiro atoms. The maximum absolute atomic E-state index is 11.5. The lowest BCUT2D eigenvalue weighted by molar-refractivity contribution is -0.141. The fourth-order valence-corrected chi connectivity index (χ4v) is 2.61. The zero-order chi connectivity index (χ0) is 11.4. The van der Waals surface area contributed by atoms with Crippen LogP contribution in [0, 0.1) is 0 Å². The van der Waals surface area contributed by atoms with E-state index in [1.54, 1.807) is 13.8 Å². The molecule has 1 N–H and O–H groups in total. The van der Waals surface area contributed by atoms with Crippen LogP contribution in [0.2, 0.25) is 0 Å². The van der Waals surface area contributed by atoms with E-state index in [9.17, 15) is 13.2 Å². The summed E-state index contributed by atoms with van der Waals surface area (Å²) in [6, 6.07) is -0.952. The maximum Gasteiger partial charge on any atom is 0.321 e. The first-order chi connectivity index (χ1) is 6.36. The summed E-state index contributed by atoms with van der Waals surface area (Å²) in [5, 5.41) is 8.77. The van der Waals surface area contributed by atoms with Crippen molar-refractivity contribution in [3.63, 3.8) is 0 Å². The van der Waals surface area contributed by atoms with Gasteiger partial charge in [-0.15, -0.1) is 0 Å². The van der Waals surface area contributed by atoms with Crippen LogP contribution >= 0.6 is 0 Å². The van der Waals surface area contributed by atoms with Crippen LogP contribution in [-0.2, 0) is 14.8 Å². The Labute approximate surface area is 84.8 Å². The molecule has 0 amide bonds. The first-order valence-corrected chi connectivity index (χ1v) is 6.16. The van der Waals surface area contributed by atoms with Gasteiger partial charge in [0.2, 0.25) is 10.0 Å². The smallest absolute Gasteiger partial charge is 0.321 e. The maximum atomic E-state index is 11.5. The SMILES string of the molecule is CCCS(=O)(=O)N(C)C(CC)C(=O)O. The molecule has 0 saturated heterocycles. The molecule has 5 nitrogen and oxygen atoms in total. The van der Waals surface area contributed by atoms with Crippen LogP contribution in [0.15, 0.2) is 0 Å². The van der Waals surface area contributed by atoms with Crippen molar-refractivity contribution < 1.29 is 18.3 Å². The Kier molecular flexibility index (Phi) is 5.07. The van der Waals surface area contributed by atoms with Crippen molar-refractivity contribution in [2.45, 2.75) is 32.7 Å². The summed E-state index contributed by atoms with van der Waals surface area (Å²) < 4.78 is 23.9. The molecule has 0 radical (unpaired) electrons. The number of aliphatic carboxylic acids is 1. The van der Waals surface area contributed by atoms with Gasteiger partial charge in [0.25, 0.3) is 0 Å². The number of sulfonamides is 1. The normalized spacial score (nSPS) is 14.3. The van der Waals surface area contributed by atoms with Gasteiger partial charge in [0.15, 0.2) is 0 Å². The van der Waals surface area contributed by atoms with Gasteiger partial charge in [0.1, 0.15) is 6.04 Å². The van der Waals surface area contributed by atoms with Crippen molar-refractivity contribution in [2.24, 2.45) is 0 Å². The van der Waals surface area contributed by atoms with Gasteiger partial charge in [-0.2, -0.15) is 4.31 Å². The van der Waals surface area contributed by atoms with Crippen LogP contribution < -0.4 is 0 Å². The van der Waals surface area contributed by atoms with Crippen molar-refractivity contribution in [2.75, 3.05) is 12.8 Å². The zero-order valence-electron chi connectivity index (χ0n) is 8.73. The lowest BCUT2D eigenvalue weighted by atomic mass is 10.2. The Balaban J connectivity index is 4.74. The topological polar surface area (TPSA) is 74.7 Å². The number of rotatable bonds is 6. The summed E-state index contributed by atoms with van der Waals surface area (Å²) in [6.45, 7) is 3.39. The number of likely N-dealkylation sites (N-methyl/N-ethyl adjacent to an activating group) is 1. The molecule has 14 heavy (non-hydrogen) atoms. The average Bonchev–Trinajstić information content (AvgIpc) is 2.04. The predicted octanol–water partition coefficient (Wildman–Crippen LogP) is 0.521. The molecule has 0 fully saturated rings. The van der Waals surface area contributed by atoms with Crippen molar-refractivity contribution in [1.82, 2.24) is 4.31 Å². The Morgan fingerprint density at radius 3 is 2.21 bits per heavy atom. The largest absolute Gasteiger partial charge is 0.480 e. The number of carbonyl (C=O) groups is 1. The van der Waals surface area contributed by atoms with Crippen LogP contribution in [-0.4, -0.2) is 42.6 Å². The fraction of sp³-hybridized carbons (Fsp3) is 0.875. The Morgan fingerprint density at radius 1 is 1.43 bits per heavy atom. The molecule has 0 bridgehead atoms. The average molecular weight is 223 g/mol. The number of hydrogen-bond acceptors (Lipinski definition) is 3. The van der Waals surface area contributed by atoms with Gasteiger partial charge in [-0.25, -0.2) is 8.42 Å². The summed E-state index contributed by atoms with van der Waals surface area (Å²) in [6.07, 6.45) is 0.761. The highest BCUT2D eigenvalue weighted by molar-refractivity contribution is 7.89. The van der Waals surface area contributed by atoms with Crippen LogP contribution in [0.5, 0.6) is 0 Å². The van der Waals surface area contributed by atoms with Crippen molar-refractivity contribution in [3.8, 4) is 0 Å². The molecule has 0 aliphatic rings. The van der Waals surface area contributed by atoms with E-state index in [2.05, 4.69) is 0 Å². The van der Waals surface area contributed by atoms with Crippen LogP contribution in [0.4, 0.5) is 0 Å². The summed E-state index contributed by atoms with van der Waals surface area (Å²) >= 11 is 0. The van der Waals surface area contributed by atoms with Crippen molar-refractivity contribution >= 4 is 16.0 Å². The third kappa shape index (κ3) is 3.26. The Morgan fingerprint density at radius 2 is 1.93 bits per heavy atom. The minimum absolute atomic E-state index is 0.00667. The van der Waals surface area contributed by atoms with Gasteiger partial charge >= 0.3 is 5.97 Å². The molecular weight excluding hydrogens is 206 g/mol. The van der Waals surface area contributed by atoms with Gasteiger partial charge in [-0.05, 0) is 12.8 Å². The zero-order valence-corrected chi connectivity index (χ0v) is 9.54.